The van der Waals surface area contributed by atoms with Gasteiger partial charge in [-0.15, -0.1) is 0 Å². The average molecular weight is 356 g/mol. The predicted octanol–water partition coefficient (Wildman–Crippen LogP) is 3.38. The van der Waals surface area contributed by atoms with Gasteiger partial charge in [0.1, 0.15) is 18.8 Å². The molecule has 0 fully saturated rings. The van der Waals surface area contributed by atoms with Crippen molar-refractivity contribution in [2.75, 3.05) is 19.8 Å². The number of nitrogens with one attached hydrogen (secondary N) is 1. The highest BCUT2D eigenvalue weighted by atomic mass is 16.6. The van der Waals surface area contributed by atoms with Crippen molar-refractivity contribution in [3.63, 3.8) is 0 Å². The van der Waals surface area contributed by atoms with Crippen molar-refractivity contribution in [3.8, 4) is 17.4 Å². The molecule has 0 aliphatic carbocycles. The summed E-state index contributed by atoms with van der Waals surface area (Å²) >= 11 is 0. The van der Waals surface area contributed by atoms with Crippen molar-refractivity contribution in [1.82, 2.24) is 10.3 Å². The molecule has 1 aromatic heterocycles. The fourth-order valence-corrected chi connectivity index (χ4v) is 2.92. The van der Waals surface area contributed by atoms with Crippen LogP contribution in [0.1, 0.15) is 42.7 Å². The first-order valence-corrected chi connectivity index (χ1v) is 8.88. The second-order valence-electron chi connectivity index (χ2n) is 6.39. The van der Waals surface area contributed by atoms with Crippen LogP contribution in [0.25, 0.3) is 0 Å². The second-order valence-corrected chi connectivity index (χ2v) is 6.39. The Morgan fingerprint density at radius 2 is 2.00 bits per heavy atom. The maximum atomic E-state index is 12.8. The Kier molecular flexibility index (Phi) is 5.61. The van der Waals surface area contributed by atoms with Gasteiger partial charge in [0, 0.05) is 6.20 Å². The lowest BCUT2D eigenvalue weighted by atomic mass is 9.95. The summed E-state index contributed by atoms with van der Waals surface area (Å²) in [6, 6.07) is 9.06. The predicted molar refractivity (Wildman–Crippen MR) is 97.9 cm³/mol. The molecule has 0 saturated carbocycles. The summed E-state index contributed by atoms with van der Waals surface area (Å²) in [6.45, 7) is 7.53. The highest BCUT2D eigenvalue weighted by molar-refractivity contribution is 5.96. The maximum absolute atomic E-state index is 12.8. The van der Waals surface area contributed by atoms with Gasteiger partial charge in [0.05, 0.1) is 12.6 Å². The zero-order valence-electron chi connectivity index (χ0n) is 15.3. The Morgan fingerprint density at radius 1 is 1.23 bits per heavy atom. The van der Waals surface area contributed by atoms with Gasteiger partial charge in [-0.2, -0.15) is 0 Å². The fourth-order valence-electron chi connectivity index (χ4n) is 2.92. The van der Waals surface area contributed by atoms with E-state index in [0.29, 0.717) is 37.0 Å². The van der Waals surface area contributed by atoms with Gasteiger partial charge in [0.2, 0.25) is 5.88 Å². The number of hydrogen-bond donors (Lipinski definition) is 1. The number of amides is 1. The van der Waals surface area contributed by atoms with Gasteiger partial charge < -0.3 is 19.5 Å². The van der Waals surface area contributed by atoms with Gasteiger partial charge in [0.25, 0.3) is 5.91 Å². The molecule has 0 saturated heterocycles. The van der Waals surface area contributed by atoms with Crippen LogP contribution in [0.5, 0.6) is 17.4 Å². The molecule has 0 bridgehead atoms. The molecule has 1 aliphatic heterocycles. The quantitative estimate of drug-likeness (QED) is 0.859. The summed E-state index contributed by atoms with van der Waals surface area (Å²) in [7, 11) is 0. The molecule has 1 amide bonds. The zero-order valence-corrected chi connectivity index (χ0v) is 15.3. The number of hydrogen-bond acceptors (Lipinski definition) is 5. The standard InChI is InChI=1S/C20H24N2O4/c1-4-24-20-15(6-5-9-21-20)19(23)22-18(13(2)3)14-7-8-16-17(12-14)26-11-10-25-16/h5-9,12-13,18H,4,10-11H2,1-3H3,(H,22,23). The van der Waals surface area contributed by atoms with Crippen LogP contribution in [0.4, 0.5) is 0 Å². The normalized spacial score (nSPS) is 14.0. The number of benzene rings is 1. The number of fused-ring (bicyclic) bond motifs is 1. The van der Waals surface area contributed by atoms with Crippen molar-refractivity contribution in [3.05, 3.63) is 47.7 Å². The van der Waals surface area contributed by atoms with E-state index >= 15 is 0 Å². The molecule has 2 heterocycles. The zero-order chi connectivity index (χ0) is 18.5. The summed E-state index contributed by atoms with van der Waals surface area (Å²) in [6.07, 6.45) is 1.61. The van der Waals surface area contributed by atoms with Crippen LogP contribution < -0.4 is 19.5 Å². The number of carbonyl (C=O) groups excluding carboxylic acids is 1. The first-order valence-electron chi connectivity index (χ1n) is 8.88. The van der Waals surface area contributed by atoms with Crippen LogP contribution in [0.3, 0.4) is 0 Å². The summed E-state index contributed by atoms with van der Waals surface area (Å²) in [5.74, 6) is 1.77. The van der Waals surface area contributed by atoms with E-state index < -0.39 is 0 Å². The summed E-state index contributed by atoms with van der Waals surface area (Å²) in [5.41, 5.74) is 1.40. The smallest absolute Gasteiger partial charge is 0.257 e. The first-order chi connectivity index (χ1) is 12.6. The largest absolute Gasteiger partial charge is 0.486 e. The lowest BCUT2D eigenvalue weighted by Gasteiger charge is -2.25. The minimum Gasteiger partial charge on any atom is -0.486 e. The Labute approximate surface area is 153 Å². The van der Waals surface area contributed by atoms with E-state index in [1.54, 1.807) is 18.3 Å². The molecule has 1 aliphatic rings. The van der Waals surface area contributed by atoms with Gasteiger partial charge in [-0.1, -0.05) is 19.9 Å². The molecule has 138 valence electrons. The molecule has 6 heteroatoms. The third kappa shape index (κ3) is 3.90. The molecule has 0 radical (unpaired) electrons. The third-order valence-electron chi connectivity index (χ3n) is 4.18. The molecular weight excluding hydrogens is 332 g/mol. The van der Waals surface area contributed by atoms with Gasteiger partial charge in [-0.25, -0.2) is 4.98 Å². The highest BCUT2D eigenvalue weighted by Gasteiger charge is 2.23. The van der Waals surface area contributed by atoms with Gasteiger partial charge in [0.15, 0.2) is 11.5 Å². The van der Waals surface area contributed by atoms with Gasteiger partial charge in [-0.05, 0) is 42.7 Å². The van der Waals surface area contributed by atoms with Crippen LogP contribution in [0.2, 0.25) is 0 Å². The first kappa shape index (κ1) is 18.0. The Hall–Kier alpha value is -2.76. The SMILES string of the molecule is CCOc1ncccc1C(=O)NC(c1ccc2c(c1)OCCO2)C(C)C. The molecule has 26 heavy (non-hydrogen) atoms. The number of aromatic nitrogens is 1. The molecule has 3 rings (SSSR count). The van der Waals surface area contributed by atoms with Crippen LogP contribution in [0.15, 0.2) is 36.5 Å². The highest BCUT2D eigenvalue weighted by Crippen LogP contribution is 2.34. The van der Waals surface area contributed by atoms with E-state index in [4.69, 9.17) is 14.2 Å². The number of ether oxygens (including phenoxy) is 3. The number of pyridine rings is 1. The second kappa shape index (κ2) is 8.08. The van der Waals surface area contributed by atoms with Crippen LogP contribution >= 0.6 is 0 Å². The Balaban J connectivity index is 1.84. The lowest BCUT2D eigenvalue weighted by Crippen LogP contribution is -2.32. The Morgan fingerprint density at radius 3 is 2.73 bits per heavy atom. The summed E-state index contributed by atoms with van der Waals surface area (Å²) < 4.78 is 16.7. The molecule has 1 atom stereocenters. The maximum Gasteiger partial charge on any atom is 0.257 e. The van der Waals surface area contributed by atoms with Gasteiger partial charge >= 0.3 is 0 Å². The van der Waals surface area contributed by atoms with Crippen LogP contribution in [-0.4, -0.2) is 30.7 Å². The summed E-state index contributed by atoms with van der Waals surface area (Å²) in [4.78, 5) is 17.0. The van der Waals surface area contributed by atoms with Crippen molar-refractivity contribution in [1.29, 1.82) is 0 Å². The minimum absolute atomic E-state index is 0.173. The van der Waals surface area contributed by atoms with Crippen molar-refractivity contribution in [2.45, 2.75) is 26.8 Å². The van der Waals surface area contributed by atoms with Crippen molar-refractivity contribution < 1.29 is 19.0 Å². The molecule has 1 aromatic carbocycles. The number of carbonyl (C=O) groups is 1. The van der Waals surface area contributed by atoms with E-state index in [2.05, 4.69) is 24.1 Å². The minimum atomic E-state index is -0.213. The van der Waals surface area contributed by atoms with Crippen LogP contribution in [0, 0.1) is 5.92 Å². The monoisotopic (exact) mass is 356 g/mol. The van der Waals surface area contributed by atoms with Crippen molar-refractivity contribution >= 4 is 5.91 Å². The van der Waals surface area contributed by atoms with E-state index in [0.717, 1.165) is 11.3 Å². The number of rotatable bonds is 6. The van der Waals surface area contributed by atoms with Gasteiger partial charge in [-0.3, -0.25) is 4.79 Å². The van der Waals surface area contributed by atoms with E-state index in [-0.39, 0.29) is 17.9 Å². The molecule has 6 nitrogen and oxygen atoms in total. The molecule has 0 spiro atoms. The molecule has 1 N–H and O–H groups in total. The molecular formula is C20H24N2O4. The van der Waals surface area contributed by atoms with E-state index in [1.807, 2.05) is 25.1 Å². The Bertz CT molecular complexity index is 776. The number of nitrogens with zero attached hydrogens (tertiary/aromatic N) is 1. The third-order valence-corrected chi connectivity index (χ3v) is 4.18. The fraction of sp³-hybridized carbons (Fsp3) is 0.400. The summed E-state index contributed by atoms with van der Waals surface area (Å²) in [5, 5.41) is 3.10. The van der Waals surface area contributed by atoms with Crippen molar-refractivity contribution in [2.24, 2.45) is 5.92 Å². The average Bonchev–Trinajstić information content (AvgIpc) is 2.66. The van der Waals surface area contributed by atoms with Crippen LogP contribution in [-0.2, 0) is 0 Å². The molecule has 1 unspecified atom stereocenters. The topological polar surface area (TPSA) is 69.7 Å². The van der Waals surface area contributed by atoms with E-state index in [9.17, 15) is 4.79 Å². The molecule has 2 aromatic rings. The lowest BCUT2D eigenvalue weighted by molar-refractivity contribution is 0.0920. The van der Waals surface area contributed by atoms with E-state index in [1.165, 1.54) is 0 Å².